The minimum atomic E-state index is -0.956. The van der Waals surface area contributed by atoms with Gasteiger partial charge in [-0.3, -0.25) is 9.59 Å². The number of carboxylic acid groups (broad SMARTS) is 2. The van der Waals surface area contributed by atoms with Crippen LogP contribution in [0.1, 0.15) is 84.9 Å². The van der Waals surface area contributed by atoms with Crippen molar-refractivity contribution in [1.29, 1.82) is 0 Å². The standard InChI is InChI=1S/C37H44N8O4/c1-23-11-26(18-45-20-32(43-22-45)30(36(46)47)12-25-8-10-34(38)40-15-25)7-9-28(23)29-13-27(16-41-35(29)39)14-31(37(48)49)33-19-44(21-42-33)17-24-5-3-2-4-6-24/h7-11,13,15-16,19-24,28,30-31H,2-6,12,14,17-18H2,1H3,(H2,38,40)(H2,39,41)(H,46,47)(H,48,49). The van der Waals surface area contributed by atoms with Crippen LogP contribution in [0, 0.1) is 11.8 Å². The summed E-state index contributed by atoms with van der Waals surface area (Å²) in [4.78, 5) is 42.0. The van der Waals surface area contributed by atoms with E-state index in [4.69, 9.17) is 11.5 Å². The van der Waals surface area contributed by atoms with Crippen molar-refractivity contribution in [3.05, 3.63) is 108 Å². The van der Waals surface area contributed by atoms with Crippen molar-refractivity contribution in [1.82, 2.24) is 29.1 Å². The second kappa shape index (κ2) is 14.9. The van der Waals surface area contributed by atoms with Crippen LogP contribution in [-0.4, -0.2) is 51.2 Å². The summed E-state index contributed by atoms with van der Waals surface area (Å²) in [5.74, 6) is -2.02. The first kappa shape index (κ1) is 33.6. The molecule has 256 valence electrons. The van der Waals surface area contributed by atoms with E-state index in [1.807, 2.05) is 27.5 Å². The predicted molar refractivity (Wildman–Crippen MR) is 186 cm³/mol. The van der Waals surface area contributed by atoms with Gasteiger partial charge in [0.25, 0.3) is 0 Å². The Hall–Kier alpha value is -5.26. The first-order valence-electron chi connectivity index (χ1n) is 17.0. The molecule has 0 amide bonds. The summed E-state index contributed by atoms with van der Waals surface area (Å²) >= 11 is 0. The normalized spacial score (nSPS) is 19.3. The molecule has 12 nitrogen and oxygen atoms in total. The zero-order chi connectivity index (χ0) is 34.5. The SMILES string of the molecule is CC1C=C(Cn2cnc(C(Cc3ccc(N)nc3)C(=O)O)c2)C=CC1c1cc(CC(C(=O)O)c2cn(CC3CCCCC3)cn2)cnc1N. The van der Waals surface area contributed by atoms with Crippen LogP contribution in [0.15, 0.2) is 79.4 Å². The Morgan fingerprint density at radius 3 is 2.18 bits per heavy atom. The summed E-state index contributed by atoms with van der Waals surface area (Å²) < 4.78 is 3.93. The third-order valence-electron chi connectivity index (χ3n) is 9.83. The summed E-state index contributed by atoms with van der Waals surface area (Å²) in [5, 5.41) is 20.1. The number of nitrogens with zero attached hydrogens (tertiary/aromatic N) is 6. The largest absolute Gasteiger partial charge is 0.481 e. The van der Waals surface area contributed by atoms with Gasteiger partial charge in [-0.2, -0.15) is 0 Å². The highest BCUT2D eigenvalue weighted by molar-refractivity contribution is 5.76. The second-order valence-electron chi connectivity index (χ2n) is 13.6. The molecule has 6 rings (SSSR count). The van der Waals surface area contributed by atoms with Crippen LogP contribution in [0.4, 0.5) is 11.6 Å². The molecule has 0 spiro atoms. The highest BCUT2D eigenvalue weighted by Gasteiger charge is 2.27. The highest BCUT2D eigenvalue weighted by atomic mass is 16.4. The molecule has 0 radical (unpaired) electrons. The molecule has 1 saturated carbocycles. The molecule has 4 unspecified atom stereocenters. The summed E-state index contributed by atoms with van der Waals surface area (Å²) in [6.45, 7) is 3.51. The molecule has 0 aromatic carbocycles. The zero-order valence-electron chi connectivity index (χ0n) is 27.7. The number of imidazole rings is 2. The molecule has 6 N–H and O–H groups in total. The molecule has 0 saturated heterocycles. The van der Waals surface area contributed by atoms with Gasteiger partial charge in [-0.15, -0.1) is 0 Å². The molecule has 2 aliphatic carbocycles. The second-order valence-corrected chi connectivity index (χ2v) is 13.6. The summed E-state index contributed by atoms with van der Waals surface area (Å²) in [6, 6.07) is 5.41. The smallest absolute Gasteiger partial charge is 0.312 e. The Labute approximate surface area is 285 Å². The molecule has 0 aliphatic heterocycles. The van der Waals surface area contributed by atoms with E-state index in [-0.39, 0.29) is 24.7 Å². The van der Waals surface area contributed by atoms with Crippen LogP contribution < -0.4 is 11.5 Å². The Morgan fingerprint density at radius 1 is 0.878 bits per heavy atom. The predicted octanol–water partition coefficient (Wildman–Crippen LogP) is 5.35. The molecular weight excluding hydrogens is 620 g/mol. The molecule has 49 heavy (non-hydrogen) atoms. The van der Waals surface area contributed by atoms with Gasteiger partial charge in [0.1, 0.15) is 23.5 Å². The molecule has 4 heterocycles. The Bertz CT molecular complexity index is 1840. The number of aromatic nitrogens is 6. The van der Waals surface area contributed by atoms with Gasteiger partial charge >= 0.3 is 11.9 Å². The number of carboxylic acids is 2. The van der Waals surface area contributed by atoms with E-state index in [0.29, 0.717) is 35.5 Å². The molecule has 2 aliphatic rings. The van der Waals surface area contributed by atoms with Gasteiger partial charge in [0.15, 0.2) is 0 Å². The molecule has 12 heteroatoms. The number of nitrogen functional groups attached to an aromatic ring is 2. The maximum atomic E-state index is 12.4. The lowest BCUT2D eigenvalue weighted by Gasteiger charge is -2.25. The average Bonchev–Trinajstić information content (AvgIpc) is 3.74. The van der Waals surface area contributed by atoms with Gasteiger partial charge in [0.05, 0.1) is 24.0 Å². The van der Waals surface area contributed by atoms with Gasteiger partial charge in [-0.05, 0) is 66.4 Å². The van der Waals surface area contributed by atoms with Gasteiger partial charge in [0, 0.05) is 49.4 Å². The lowest BCUT2D eigenvalue weighted by molar-refractivity contribution is -0.139. The maximum Gasteiger partial charge on any atom is 0.312 e. The number of nitrogens with two attached hydrogens (primary N) is 2. The number of carbonyl (C=O) groups is 2. The van der Waals surface area contributed by atoms with Gasteiger partial charge in [-0.1, -0.05) is 50.5 Å². The number of hydrogen-bond donors (Lipinski definition) is 4. The highest BCUT2D eigenvalue weighted by Crippen LogP contribution is 2.36. The van der Waals surface area contributed by atoms with E-state index < -0.39 is 23.8 Å². The fourth-order valence-corrected chi connectivity index (χ4v) is 7.15. The Balaban J connectivity index is 1.11. The van der Waals surface area contributed by atoms with Gasteiger partial charge in [-0.25, -0.2) is 19.9 Å². The topological polar surface area (TPSA) is 188 Å². The van der Waals surface area contributed by atoms with Crippen molar-refractivity contribution in [3.8, 4) is 0 Å². The zero-order valence-corrected chi connectivity index (χ0v) is 27.7. The third-order valence-corrected chi connectivity index (χ3v) is 9.83. The van der Waals surface area contributed by atoms with Crippen LogP contribution in [-0.2, 0) is 35.5 Å². The monoisotopic (exact) mass is 664 g/mol. The first-order valence-corrected chi connectivity index (χ1v) is 17.0. The maximum absolute atomic E-state index is 12.4. The van der Waals surface area contributed by atoms with Crippen molar-refractivity contribution in [2.75, 3.05) is 11.5 Å². The van der Waals surface area contributed by atoms with E-state index in [1.165, 1.54) is 32.1 Å². The average molecular weight is 665 g/mol. The number of rotatable bonds is 13. The van der Waals surface area contributed by atoms with Gasteiger partial charge in [0.2, 0.25) is 0 Å². The van der Waals surface area contributed by atoms with Crippen LogP contribution >= 0.6 is 0 Å². The Morgan fingerprint density at radius 2 is 1.53 bits per heavy atom. The first-order chi connectivity index (χ1) is 23.6. The summed E-state index contributed by atoms with van der Waals surface area (Å²) in [7, 11) is 0. The molecule has 1 fully saturated rings. The lowest BCUT2D eigenvalue weighted by atomic mass is 9.81. The van der Waals surface area contributed by atoms with Crippen LogP contribution in [0.3, 0.4) is 0 Å². The van der Waals surface area contributed by atoms with Crippen molar-refractivity contribution in [2.24, 2.45) is 11.8 Å². The number of hydrogen-bond acceptors (Lipinski definition) is 8. The van der Waals surface area contributed by atoms with Crippen molar-refractivity contribution in [2.45, 2.75) is 82.7 Å². The summed E-state index contributed by atoms with van der Waals surface area (Å²) in [5.41, 5.74) is 16.6. The van der Waals surface area contributed by atoms with Crippen LogP contribution in [0.25, 0.3) is 0 Å². The number of aliphatic carboxylic acids is 2. The quantitative estimate of drug-likeness (QED) is 0.145. The van der Waals surface area contributed by atoms with E-state index in [1.54, 1.807) is 43.4 Å². The minimum absolute atomic E-state index is 0.0440. The molecule has 4 aromatic heterocycles. The molecule has 0 bridgehead atoms. The fourth-order valence-electron chi connectivity index (χ4n) is 7.15. The number of pyridine rings is 2. The van der Waals surface area contributed by atoms with Crippen molar-refractivity contribution < 1.29 is 19.8 Å². The minimum Gasteiger partial charge on any atom is -0.481 e. The van der Waals surface area contributed by atoms with E-state index in [2.05, 4.69) is 39.0 Å². The molecule has 4 atom stereocenters. The van der Waals surface area contributed by atoms with Crippen molar-refractivity contribution in [3.63, 3.8) is 0 Å². The third kappa shape index (κ3) is 8.25. The Kier molecular flexibility index (Phi) is 10.2. The molecular formula is C37H44N8O4. The van der Waals surface area contributed by atoms with Gasteiger partial charge < -0.3 is 30.8 Å². The van der Waals surface area contributed by atoms with Crippen LogP contribution in [0.5, 0.6) is 0 Å². The van der Waals surface area contributed by atoms with E-state index in [0.717, 1.165) is 28.8 Å². The van der Waals surface area contributed by atoms with Crippen molar-refractivity contribution >= 4 is 23.6 Å². The summed E-state index contributed by atoms with van der Waals surface area (Å²) in [6.07, 6.45) is 23.4. The lowest BCUT2D eigenvalue weighted by Crippen LogP contribution is -2.17. The van der Waals surface area contributed by atoms with E-state index >= 15 is 0 Å². The number of allylic oxidation sites excluding steroid dienone is 4. The fraction of sp³-hybridized carbons (Fsp3) is 0.405. The number of anilines is 2. The molecule has 4 aromatic rings. The van der Waals surface area contributed by atoms with Crippen LogP contribution in [0.2, 0.25) is 0 Å². The van der Waals surface area contributed by atoms with E-state index in [9.17, 15) is 19.8 Å².